The molecule has 2 atom stereocenters. The summed E-state index contributed by atoms with van der Waals surface area (Å²) in [5, 5.41) is 0. The number of hydrogen-bond acceptors (Lipinski definition) is 6. The lowest BCUT2D eigenvalue weighted by Crippen LogP contribution is -2.37. The van der Waals surface area contributed by atoms with E-state index in [1.807, 2.05) is 0 Å². The van der Waals surface area contributed by atoms with Crippen molar-refractivity contribution in [2.24, 2.45) is 22.9 Å². The quantitative estimate of drug-likeness (QED) is 0.231. The molecule has 0 aliphatic heterocycles. The fourth-order valence-electron chi connectivity index (χ4n) is 1.41. The third-order valence-corrected chi connectivity index (χ3v) is 2.48. The van der Waals surface area contributed by atoms with E-state index in [1.165, 1.54) is 0 Å². The average molecular weight is 246 g/mol. The lowest BCUT2D eigenvalue weighted by Gasteiger charge is -2.16. The van der Waals surface area contributed by atoms with Crippen LogP contribution in [-0.4, -0.2) is 31.3 Å². The summed E-state index contributed by atoms with van der Waals surface area (Å²) < 4.78 is 5.03. The molecule has 0 radical (unpaired) electrons. The summed E-state index contributed by atoms with van der Waals surface area (Å²) in [7, 11) is 0. The van der Waals surface area contributed by atoms with Gasteiger partial charge in [-0.3, -0.25) is 10.5 Å². The Hall–Kier alpha value is -0.690. The van der Waals surface area contributed by atoms with Gasteiger partial charge in [0.2, 0.25) is 0 Å². The van der Waals surface area contributed by atoms with Crippen molar-refractivity contribution >= 4 is 5.97 Å². The van der Waals surface area contributed by atoms with Crippen molar-refractivity contribution in [1.82, 2.24) is 0 Å². The molecule has 0 bridgehead atoms. The van der Waals surface area contributed by atoms with Crippen LogP contribution >= 0.6 is 0 Å². The van der Waals surface area contributed by atoms with Gasteiger partial charge < -0.3 is 21.9 Å². The molecule has 0 aromatic rings. The van der Waals surface area contributed by atoms with E-state index in [9.17, 15) is 4.79 Å². The molecular formula is C11H26N4O2. The molecule has 0 aromatic heterocycles. The fraction of sp³-hybridized carbons (Fsp3) is 0.909. The normalized spacial score (nSPS) is 14.4. The Balaban J connectivity index is 3.67. The average Bonchev–Trinajstić information content (AvgIpc) is 2.29. The van der Waals surface area contributed by atoms with Crippen LogP contribution in [0.4, 0.5) is 0 Å². The van der Waals surface area contributed by atoms with Crippen LogP contribution in [0.15, 0.2) is 0 Å². The second-order valence-corrected chi connectivity index (χ2v) is 4.15. The summed E-state index contributed by atoms with van der Waals surface area (Å²) in [6.45, 7) is 1.24. The Bertz CT molecular complexity index is 202. The number of carbonyl (C=O) groups excluding carboxylic acids is 1. The van der Waals surface area contributed by atoms with E-state index < -0.39 is 18.2 Å². The highest BCUT2D eigenvalue weighted by Crippen LogP contribution is 2.04. The number of rotatable bonds is 10. The number of ether oxygens (including phenoxy) is 1. The maximum atomic E-state index is 11.5. The van der Waals surface area contributed by atoms with Crippen LogP contribution in [0, 0.1) is 0 Å². The molecule has 0 saturated carbocycles. The molecule has 0 aliphatic rings. The highest BCUT2D eigenvalue weighted by atomic mass is 16.6. The summed E-state index contributed by atoms with van der Waals surface area (Å²) in [6.07, 6.45) is 4.07. The van der Waals surface area contributed by atoms with Crippen LogP contribution in [0.5, 0.6) is 0 Å². The number of esters is 1. The summed E-state index contributed by atoms with van der Waals surface area (Å²) >= 11 is 0. The largest absolute Gasteiger partial charge is 0.446 e. The zero-order valence-electron chi connectivity index (χ0n) is 10.4. The van der Waals surface area contributed by atoms with Gasteiger partial charge in [-0.05, 0) is 45.2 Å². The van der Waals surface area contributed by atoms with E-state index in [1.54, 1.807) is 0 Å². The van der Waals surface area contributed by atoms with Gasteiger partial charge in [-0.1, -0.05) is 6.42 Å². The molecule has 1 unspecified atom stereocenters. The molecule has 0 fully saturated rings. The molecule has 0 saturated heterocycles. The fourth-order valence-corrected chi connectivity index (χ4v) is 1.41. The Kier molecular flexibility index (Phi) is 10.0. The summed E-state index contributed by atoms with van der Waals surface area (Å²) in [4.78, 5) is 11.5. The van der Waals surface area contributed by atoms with Crippen molar-refractivity contribution in [2.45, 2.75) is 50.8 Å². The summed E-state index contributed by atoms with van der Waals surface area (Å²) in [5.74, 6) is -0.428. The third-order valence-electron chi connectivity index (χ3n) is 2.48. The van der Waals surface area contributed by atoms with Crippen LogP contribution in [0.2, 0.25) is 0 Å². The van der Waals surface area contributed by atoms with Gasteiger partial charge in [0.25, 0.3) is 0 Å². The van der Waals surface area contributed by atoms with Crippen LogP contribution in [0.1, 0.15) is 38.5 Å². The maximum absolute atomic E-state index is 11.5. The number of unbranched alkanes of at least 4 members (excludes halogenated alkanes) is 2. The van der Waals surface area contributed by atoms with Gasteiger partial charge in [0.15, 0.2) is 6.23 Å². The van der Waals surface area contributed by atoms with Gasteiger partial charge in [0.05, 0.1) is 0 Å². The number of carbonyl (C=O) groups is 1. The van der Waals surface area contributed by atoms with E-state index in [2.05, 4.69) is 0 Å². The molecule has 8 N–H and O–H groups in total. The Morgan fingerprint density at radius 3 is 2.00 bits per heavy atom. The van der Waals surface area contributed by atoms with Gasteiger partial charge in [-0.15, -0.1) is 0 Å². The molecular weight excluding hydrogens is 220 g/mol. The molecule has 6 nitrogen and oxygen atoms in total. The maximum Gasteiger partial charge on any atom is 0.324 e. The molecule has 0 spiro atoms. The van der Waals surface area contributed by atoms with E-state index in [0.717, 1.165) is 25.7 Å². The zero-order valence-corrected chi connectivity index (χ0v) is 10.4. The molecule has 0 amide bonds. The minimum absolute atomic E-state index is 0.428. The lowest BCUT2D eigenvalue weighted by atomic mass is 10.1. The Morgan fingerprint density at radius 2 is 1.47 bits per heavy atom. The zero-order chi connectivity index (χ0) is 13.1. The van der Waals surface area contributed by atoms with Crippen molar-refractivity contribution in [3.8, 4) is 0 Å². The van der Waals surface area contributed by atoms with Crippen molar-refractivity contribution < 1.29 is 9.53 Å². The van der Waals surface area contributed by atoms with Gasteiger partial charge in [0.1, 0.15) is 6.04 Å². The van der Waals surface area contributed by atoms with Crippen LogP contribution in [0.3, 0.4) is 0 Å². The first-order chi connectivity index (χ1) is 8.11. The van der Waals surface area contributed by atoms with E-state index in [-0.39, 0.29) is 0 Å². The summed E-state index contributed by atoms with van der Waals surface area (Å²) in [5.41, 5.74) is 22.0. The van der Waals surface area contributed by atoms with Crippen molar-refractivity contribution in [2.75, 3.05) is 13.1 Å². The van der Waals surface area contributed by atoms with E-state index in [4.69, 9.17) is 27.7 Å². The second-order valence-electron chi connectivity index (χ2n) is 4.15. The SMILES string of the molecule is NCCCCC(N)OC(=O)[C@@H](N)CCCCN. The van der Waals surface area contributed by atoms with Crippen molar-refractivity contribution in [3.63, 3.8) is 0 Å². The van der Waals surface area contributed by atoms with E-state index >= 15 is 0 Å². The Morgan fingerprint density at radius 1 is 0.941 bits per heavy atom. The van der Waals surface area contributed by atoms with Crippen LogP contribution < -0.4 is 22.9 Å². The minimum atomic E-state index is -0.595. The predicted octanol–water partition coefficient (Wildman–Crippen LogP) is -0.600. The molecule has 6 heteroatoms. The smallest absolute Gasteiger partial charge is 0.324 e. The standard InChI is InChI=1S/C11H26N4O2/c12-7-3-1-5-9(14)11(16)17-10(15)6-2-4-8-13/h9-10H,1-8,12-15H2/t9-,10?/m0/s1. The number of hydrogen-bond donors (Lipinski definition) is 4. The molecule has 102 valence electrons. The van der Waals surface area contributed by atoms with E-state index in [0.29, 0.717) is 25.9 Å². The van der Waals surface area contributed by atoms with Gasteiger partial charge >= 0.3 is 5.97 Å². The molecule has 0 aliphatic carbocycles. The molecule has 0 rings (SSSR count). The highest BCUT2D eigenvalue weighted by Gasteiger charge is 2.17. The first kappa shape index (κ1) is 16.3. The molecule has 0 aromatic carbocycles. The van der Waals surface area contributed by atoms with Crippen molar-refractivity contribution in [1.29, 1.82) is 0 Å². The topological polar surface area (TPSA) is 130 Å². The minimum Gasteiger partial charge on any atom is -0.446 e. The summed E-state index contributed by atoms with van der Waals surface area (Å²) in [6, 6.07) is -0.595. The van der Waals surface area contributed by atoms with Crippen molar-refractivity contribution in [3.05, 3.63) is 0 Å². The third kappa shape index (κ3) is 9.05. The monoisotopic (exact) mass is 246 g/mol. The van der Waals surface area contributed by atoms with Crippen LogP contribution in [-0.2, 0) is 9.53 Å². The van der Waals surface area contributed by atoms with Gasteiger partial charge in [-0.25, -0.2) is 0 Å². The van der Waals surface area contributed by atoms with Crippen LogP contribution in [0.25, 0.3) is 0 Å². The lowest BCUT2D eigenvalue weighted by molar-refractivity contribution is -0.151. The molecule has 17 heavy (non-hydrogen) atoms. The second kappa shape index (κ2) is 10.5. The van der Waals surface area contributed by atoms with Gasteiger partial charge in [-0.2, -0.15) is 0 Å². The first-order valence-corrected chi connectivity index (χ1v) is 6.23. The van der Waals surface area contributed by atoms with Gasteiger partial charge in [0, 0.05) is 0 Å². The molecule has 0 heterocycles. The first-order valence-electron chi connectivity index (χ1n) is 6.23. The number of nitrogens with two attached hydrogens (primary N) is 4. The highest BCUT2D eigenvalue weighted by molar-refractivity contribution is 5.75. The predicted molar refractivity (Wildman–Crippen MR) is 67.9 cm³/mol. The Labute approximate surface area is 103 Å².